The molecule has 0 N–H and O–H groups in total. The van der Waals surface area contributed by atoms with Crippen molar-refractivity contribution in [2.24, 2.45) is 0 Å². The van der Waals surface area contributed by atoms with E-state index in [0.29, 0.717) is 24.6 Å². The normalized spacial score (nSPS) is 28.9. The molecule has 0 aromatic rings. The number of hydrogen-bond donors (Lipinski definition) is 0. The van der Waals surface area contributed by atoms with Gasteiger partial charge in [-0.2, -0.15) is 11.8 Å². The lowest BCUT2D eigenvalue weighted by atomic mass is 10.4. The van der Waals surface area contributed by atoms with Crippen LogP contribution in [0.15, 0.2) is 0 Å². The van der Waals surface area contributed by atoms with Gasteiger partial charge < -0.3 is 4.90 Å². The summed E-state index contributed by atoms with van der Waals surface area (Å²) in [4.78, 5) is 13.3. The number of rotatable bonds is 2. The zero-order chi connectivity index (χ0) is 9.84. The Balaban J connectivity index is 2.45. The minimum Gasteiger partial charge on any atom is -0.340 e. The highest BCUT2D eigenvalue weighted by atomic mass is 32.2. The third-order valence-electron chi connectivity index (χ3n) is 2.11. The maximum absolute atomic E-state index is 11.5. The highest BCUT2D eigenvalue weighted by Gasteiger charge is 2.24. The van der Waals surface area contributed by atoms with Crippen LogP contribution in [0.4, 0.5) is 0 Å². The standard InChI is InChI=1S/C8H15NO2S2/c1-7-5-9(3-4-13(7)11)8(10)6-12-2/h7H,3-6H2,1-2H3. The maximum Gasteiger partial charge on any atom is 0.232 e. The van der Waals surface area contributed by atoms with Crippen molar-refractivity contribution in [1.82, 2.24) is 4.90 Å². The van der Waals surface area contributed by atoms with Crippen LogP contribution in [0.2, 0.25) is 0 Å². The topological polar surface area (TPSA) is 37.4 Å². The number of thioether (sulfide) groups is 1. The lowest BCUT2D eigenvalue weighted by molar-refractivity contribution is -0.128. The second-order valence-corrected chi connectivity index (χ2v) is 6.01. The van der Waals surface area contributed by atoms with E-state index in [2.05, 4.69) is 0 Å². The van der Waals surface area contributed by atoms with Crippen LogP contribution in [0.25, 0.3) is 0 Å². The summed E-state index contributed by atoms with van der Waals surface area (Å²) >= 11 is 1.54. The van der Waals surface area contributed by atoms with Crippen molar-refractivity contribution in [3.8, 4) is 0 Å². The van der Waals surface area contributed by atoms with E-state index < -0.39 is 10.8 Å². The van der Waals surface area contributed by atoms with Crippen LogP contribution in [-0.4, -0.2) is 51.1 Å². The van der Waals surface area contributed by atoms with Crippen molar-refractivity contribution in [3.05, 3.63) is 0 Å². The quantitative estimate of drug-likeness (QED) is 0.674. The molecule has 13 heavy (non-hydrogen) atoms. The molecule has 0 saturated carbocycles. The second-order valence-electron chi connectivity index (χ2n) is 3.17. The first-order chi connectivity index (χ1) is 6.15. The molecule has 3 nitrogen and oxygen atoms in total. The molecular weight excluding hydrogens is 206 g/mol. The molecule has 1 amide bonds. The number of hydrogen-bond acceptors (Lipinski definition) is 3. The summed E-state index contributed by atoms with van der Waals surface area (Å²) in [6.07, 6.45) is 1.92. The third kappa shape index (κ3) is 2.98. The molecule has 2 atom stereocenters. The molecular formula is C8H15NO2S2. The molecule has 0 aromatic heterocycles. The maximum atomic E-state index is 11.5. The lowest BCUT2D eigenvalue weighted by Gasteiger charge is -2.30. The Morgan fingerprint density at radius 3 is 2.92 bits per heavy atom. The molecule has 1 fully saturated rings. The SMILES string of the molecule is CSCC(=O)N1CCS(=O)C(C)C1. The second kappa shape index (κ2) is 5.00. The van der Waals surface area contributed by atoms with Crippen LogP contribution in [0.5, 0.6) is 0 Å². The van der Waals surface area contributed by atoms with Crippen molar-refractivity contribution >= 4 is 28.5 Å². The fourth-order valence-electron chi connectivity index (χ4n) is 1.33. The molecule has 0 radical (unpaired) electrons. The van der Waals surface area contributed by atoms with Gasteiger partial charge in [0.25, 0.3) is 0 Å². The van der Waals surface area contributed by atoms with Gasteiger partial charge in [0.1, 0.15) is 0 Å². The monoisotopic (exact) mass is 221 g/mol. The zero-order valence-corrected chi connectivity index (χ0v) is 9.62. The Hall–Kier alpha value is -0.0300. The van der Waals surface area contributed by atoms with Crippen molar-refractivity contribution in [2.75, 3.05) is 30.9 Å². The fraction of sp³-hybridized carbons (Fsp3) is 0.875. The van der Waals surface area contributed by atoms with Crippen LogP contribution in [0.1, 0.15) is 6.92 Å². The van der Waals surface area contributed by atoms with Gasteiger partial charge in [-0.15, -0.1) is 0 Å². The first-order valence-electron chi connectivity index (χ1n) is 4.29. The summed E-state index contributed by atoms with van der Waals surface area (Å²) in [5.41, 5.74) is 0. The van der Waals surface area contributed by atoms with E-state index in [9.17, 15) is 9.00 Å². The molecule has 1 rings (SSSR count). The average Bonchev–Trinajstić information content (AvgIpc) is 2.10. The Morgan fingerprint density at radius 2 is 2.38 bits per heavy atom. The van der Waals surface area contributed by atoms with E-state index in [-0.39, 0.29) is 11.2 Å². The largest absolute Gasteiger partial charge is 0.340 e. The van der Waals surface area contributed by atoms with Gasteiger partial charge in [0.15, 0.2) is 0 Å². The molecule has 1 heterocycles. The number of amides is 1. The minimum atomic E-state index is -0.727. The lowest BCUT2D eigenvalue weighted by Crippen LogP contribution is -2.46. The van der Waals surface area contributed by atoms with Gasteiger partial charge in [-0.3, -0.25) is 9.00 Å². The van der Waals surface area contributed by atoms with Gasteiger partial charge >= 0.3 is 0 Å². The first-order valence-corrected chi connectivity index (χ1v) is 7.06. The van der Waals surface area contributed by atoms with E-state index >= 15 is 0 Å². The molecule has 2 unspecified atom stereocenters. The predicted octanol–water partition coefficient (Wildman–Crippen LogP) is 0.329. The van der Waals surface area contributed by atoms with E-state index in [0.717, 1.165) is 0 Å². The summed E-state index contributed by atoms with van der Waals surface area (Å²) in [5, 5.41) is 0.138. The Morgan fingerprint density at radius 1 is 1.69 bits per heavy atom. The third-order valence-corrected chi connectivity index (χ3v) is 4.28. The van der Waals surface area contributed by atoms with Crippen LogP contribution in [0, 0.1) is 0 Å². The number of carbonyl (C=O) groups excluding carboxylic acids is 1. The van der Waals surface area contributed by atoms with Crippen LogP contribution >= 0.6 is 11.8 Å². The molecule has 0 aromatic carbocycles. The summed E-state index contributed by atoms with van der Waals surface area (Å²) in [5.74, 6) is 1.36. The fourth-order valence-corrected chi connectivity index (χ4v) is 2.91. The van der Waals surface area contributed by atoms with Crippen LogP contribution in [0.3, 0.4) is 0 Å². The van der Waals surface area contributed by atoms with Gasteiger partial charge in [0.2, 0.25) is 5.91 Å². The average molecular weight is 221 g/mol. The van der Waals surface area contributed by atoms with Gasteiger partial charge in [-0.05, 0) is 13.2 Å². The highest BCUT2D eigenvalue weighted by Crippen LogP contribution is 2.09. The summed E-state index contributed by atoms with van der Waals surface area (Å²) < 4.78 is 11.3. The van der Waals surface area contributed by atoms with Gasteiger partial charge in [-0.1, -0.05) is 0 Å². The van der Waals surface area contributed by atoms with Gasteiger partial charge in [0.05, 0.1) is 5.75 Å². The zero-order valence-electron chi connectivity index (χ0n) is 7.99. The molecule has 0 bridgehead atoms. The molecule has 1 saturated heterocycles. The van der Waals surface area contributed by atoms with Crippen molar-refractivity contribution in [3.63, 3.8) is 0 Å². The molecule has 5 heteroatoms. The molecule has 0 spiro atoms. The van der Waals surface area contributed by atoms with E-state index in [1.165, 1.54) is 11.8 Å². The first kappa shape index (κ1) is 11.0. The van der Waals surface area contributed by atoms with E-state index in [1.54, 1.807) is 0 Å². The van der Waals surface area contributed by atoms with E-state index in [4.69, 9.17) is 0 Å². The highest BCUT2D eigenvalue weighted by molar-refractivity contribution is 7.99. The molecule has 76 valence electrons. The Kier molecular flexibility index (Phi) is 4.25. The van der Waals surface area contributed by atoms with Crippen LogP contribution in [-0.2, 0) is 15.6 Å². The summed E-state index contributed by atoms with van der Waals surface area (Å²) in [7, 11) is -0.727. The minimum absolute atomic E-state index is 0.138. The van der Waals surface area contributed by atoms with Crippen LogP contribution < -0.4 is 0 Å². The Bertz CT molecular complexity index is 220. The van der Waals surface area contributed by atoms with Crippen molar-refractivity contribution in [1.29, 1.82) is 0 Å². The van der Waals surface area contributed by atoms with Crippen molar-refractivity contribution < 1.29 is 9.00 Å². The molecule has 1 aliphatic rings. The van der Waals surface area contributed by atoms with Crippen molar-refractivity contribution in [2.45, 2.75) is 12.2 Å². The smallest absolute Gasteiger partial charge is 0.232 e. The summed E-state index contributed by atoms with van der Waals surface area (Å²) in [6.45, 7) is 3.26. The van der Waals surface area contributed by atoms with Gasteiger partial charge in [0, 0.05) is 34.9 Å². The summed E-state index contributed by atoms with van der Waals surface area (Å²) in [6, 6.07) is 0. The molecule has 0 aliphatic carbocycles. The predicted molar refractivity (Wildman–Crippen MR) is 57.4 cm³/mol. The Labute approximate surface area is 85.7 Å². The van der Waals surface area contributed by atoms with E-state index in [1.807, 2.05) is 18.1 Å². The number of carbonyl (C=O) groups is 1. The van der Waals surface area contributed by atoms with Gasteiger partial charge in [-0.25, -0.2) is 0 Å². The molecule has 1 aliphatic heterocycles. The number of nitrogens with zero attached hydrogens (tertiary/aromatic N) is 1.